The molecule has 1 aliphatic rings. The molecule has 0 saturated carbocycles. The predicted molar refractivity (Wildman–Crippen MR) is 61.6 cm³/mol. The summed E-state index contributed by atoms with van der Waals surface area (Å²) in [6, 6.07) is -1.25. The van der Waals surface area contributed by atoms with Crippen LogP contribution >= 0.6 is 0 Å². The third kappa shape index (κ3) is 2.59. The van der Waals surface area contributed by atoms with E-state index in [2.05, 4.69) is 5.29 Å². The number of amides is 2. The van der Waals surface area contributed by atoms with Crippen LogP contribution in [0.2, 0.25) is 0 Å². The van der Waals surface area contributed by atoms with Crippen LogP contribution in [-0.2, 0) is 4.74 Å². The van der Waals surface area contributed by atoms with Crippen molar-refractivity contribution in [3.8, 4) is 0 Å². The van der Waals surface area contributed by atoms with Gasteiger partial charge in [-0.2, -0.15) is 5.01 Å². The van der Waals surface area contributed by atoms with Crippen LogP contribution in [0.25, 0.3) is 0 Å². The summed E-state index contributed by atoms with van der Waals surface area (Å²) >= 11 is 0. The molecule has 0 aromatic heterocycles. The van der Waals surface area contributed by atoms with Gasteiger partial charge in [-0.05, 0) is 6.92 Å². The van der Waals surface area contributed by atoms with Gasteiger partial charge in [-0.1, -0.05) is 0 Å². The Kier molecular flexibility index (Phi) is 4.63. The second-order valence-electron chi connectivity index (χ2n) is 4.56. The number of nitrogens with one attached hydrogen (secondary N) is 1. The number of nitroso groups, excluding NO2 is 1. The summed E-state index contributed by atoms with van der Waals surface area (Å²) < 4.78 is 4.84. The monoisotopic (exact) mass is 295 g/mol. The molecule has 116 valence electrons. The minimum atomic E-state index is -2.83. The van der Waals surface area contributed by atoms with Gasteiger partial charge in [0, 0.05) is 7.05 Å². The van der Waals surface area contributed by atoms with E-state index in [0.717, 1.165) is 14.0 Å². The lowest BCUT2D eigenvalue weighted by Gasteiger charge is -2.51. The fourth-order valence-corrected chi connectivity index (χ4v) is 1.80. The Bertz CT molecular complexity index is 391. The number of aliphatic hydroxyl groups is 5. The van der Waals surface area contributed by atoms with E-state index in [0.29, 0.717) is 0 Å². The summed E-state index contributed by atoms with van der Waals surface area (Å²) in [4.78, 5) is 21.7. The third-order valence-corrected chi connectivity index (χ3v) is 3.11. The number of carbonyl (C=O) groups is 1. The molecule has 0 aliphatic carbocycles. The van der Waals surface area contributed by atoms with E-state index in [9.17, 15) is 30.1 Å². The number of aliphatic hydroxyl groups excluding tert-OH is 3. The summed E-state index contributed by atoms with van der Waals surface area (Å²) in [7, 11) is 0.962. The summed E-state index contributed by atoms with van der Waals surface area (Å²) in [5.74, 6) is -2.54. The first-order valence-electron chi connectivity index (χ1n) is 5.59. The van der Waals surface area contributed by atoms with Gasteiger partial charge in [-0.15, -0.1) is 4.91 Å². The maximum absolute atomic E-state index is 11.5. The van der Waals surface area contributed by atoms with E-state index in [1.807, 2.05) is 0 Å². The molecular formula is C9H17N3O8. The average molecular weight is 295 g/mol. The Morgan fingerprint density at radius 1 is 1.45 bits per heavy atom. The molecule has 2 amide bonds. The zero-order valence-electron chi connectivity index (χ0n) is 10.8. The summed E-state index contributed by atoms with van der Waals surface area (Å²) in [6.07, 6.45) is -5.26. The van der Waals surface area contributed by atoms with Gasteiger partial charge in [0.2, 0.25) is 11.5 Å². The molecule has 5 atom stereocenters. The highest BCUT2D eigenvalue weighted by atomic mass is 16.7. The molecule has 1 heterocycles. The van der Waals surface area contributed by atoms with Gasteiger partial charge < -0.3 is 35.6 Å². The van der Waals surface area contributed by atoms with Crippen LogP contribution in [0.4, 0.5) is 4.79 Å². The number of nitrogens with zero attached hydrogens (tertiary/aromatic N) is 2. The molecule has 0 bridgehead atoms. The molecule has 1 saturated heterocycles. The topological polar surface area (TPSA) is 172 Å². The van der Waals surface area contributed by atoms with E-state index >= 15 is 0 Å². The van der Waals surface area contributed by atoms with Gasteiger partial charge in [-0.25, -0.2) is 4.79 Å². The minimum Gasteiger partial charge on any atom is -0.394 e. The zero-order chi connectivity index (χ0) is 15.7. The quantitative estimate of drug-likeness (QED) is 0.179. The molecule has 6 N–H and O–H groups in total. The normalized spacial score (nSPS) is 41.0. The standard InChI is InChI=1S/C9H17N3O8/c1-8(17)9(18,10-7(16)12(2)11-19)6(15)5(14)4(3-13)20-8/h4-6,13-15,17-18H,3H2,1-2H3,(H,10,16)/t4-,5-,6+,8+,9-/m1/s1. The van der Waals surface area contributed by atoms with Crippen LogP contribution in [0, 0.1) is 4.91 Å². The lowest BCUT2D eigenvalue weighted by Crippen LogP contribution is -2.78. The molecule has 20 heavy (non-hydrogen) atoms. The van der Waals surface area contributed by atoms with Crippen LogP contribution in [0.5, 0.6) is 0 Å². The second kappa shape index (κ2) is 5.55. The van der Waals surface area contributed by atoms with Crippen molar-refractivity contribution in [3.63, 3.8) is 0 Å². The van der Waals surface area contributed by atoms with Gasteiger partial charge >= 0.3 is 6.03 Å². The van der Waals surface area contributed by atoms with Crippen LogP contribution in [0.3, 0.4) is 0 Å². The molecule has 0 unspecified atom stereocenters. The van der Waals surface area contributed by atoms with Crippen molar-refractivity contribution < 1.29 is 35.1 Å². The molecule has 0 aromatic rings. The van der Waals surface area contributed by atoms with Crippen molar-refractivity contribution in [1.29, 1.82) is 0 Å². The van der Waals surface area contributed by atoms with E-state index in [1.165, 1.54) is 0 Å². The first-order chi connectivity index (χ1) is 9.10. The van der Waals surface area contributed by atoms with Crippen LogP contribution in [0.1, 0.15) is 6.92 Å². The highest BCUT2D eigenvalue weighted by molar-refractivity contribution is 5.74. The number of ether oxygens (including phenoxy) is 1. The summed E-state index contributed by atoms with van der Waals surface area (Å²) in [5.41, 5.74) is -2.83. The number of rotatable bonds is 3. The van der Waals surface area contributed by atoms with E-state index < -0.39 is 42.5 Å². The van der Waals surface area contributed by atoms with Gasteiger partial charge in [0.15, 0.2) is 0 Å². The second-order valence-corrected chi connectivity index (χ2v) is 4.56. The first-order valence-corrected chi connectivity index (χ1v) is 5.59. The van der Waals surface area contributed by atoms with Gasteiger partial charge in [0.25, 0.3) is 0 Å². The van der Waals surface area contributed by atoms with Gasteiger partial charge in [-0.3, -0.25) is 0 Å². The highest BCUT2D eigenvalue weighted by Gasteiger charge is 2.62. The zero-order valence-corrected chi connectivity index (χ0v) is 10.8. The lowest BCUT2D eigenvalue weighted by atomic mass is 9.87. The van der Waals surface area contributed by atoms with Gasteiger partial charge in [0.05, 0.1) is 11.9 Å². The first kappa shape index (κ1) is 16.7. The van der Waals surface area contributed by atoms with Gasteiger partial charge in [0.1, 0.15) is 18.3 Å². The lowest BCUT2D eigenvalue weighted by molar-refractivity contribution is -0.387. The van der Waals surface area contributed by atoms with Crippen molar-refractivity contribution in [2.75, 3.05) is 13.7 Å². The third-order valence-electron chi connectivity index (χ3n) is 3.11. The average Bonchev–Trinajstić information content (AvgIpc) is 2.40. The Morgan fingerprint density at radius 2 is 2.00 bits per heavy atom. The maximum atomic E-state index is 11.5. The minimum absolute atomic E-state index is 0.255. The SMILES string of the molecule is CN(N=O)C(=O)N[C@@]1(O)[C@@H](O)[C@H](O)[C@@H](CO)O[C@]1(C)O. The number of hydrogen-bond acceptors (Lipinski definition) is 9. The molecule has 1 fully saturated rings. The molecule has 0 radical (unpaired) electrons. The Hall–Kier alpha value is -1.37. The van der Waals surface area contributed by atoms with Crippen LogP contribution in [-0.4, -0.2) is 80.1 Å². The highest BCUT2D eigenvalue weighted by Crippen LogP contribution is 2.34. The molecule has 1 rings (SSSR count). The van der Waals surface area contributed by atoms with E-state index in [1.54, 1.807) is 5.32 Å². The van der Waals surface area contributed by atoms with Crippen molar-refractivity contribution in [2.24, 2.45) is 5.29 Å². The predicted octanol–water partition coefficient (Wildman–Crippen LogP) is -3.18. The van der Waals surface area contributed by atoms with Crippen LogP contribution < -0.4 is 5.32 Å². The number of hydrogen-bond donors (Lipinski definition) is 6. The van der Waals surface area contributed by atoms with Crippen molar-refractivity contribution in [2.45, 2.75) is 36.7 Å². The largest absolute Gasteiger partial charge is 0.394 e. The summed E-state index contributed by atoms with van der Waals surface area (Å²) in [6.45, 7) is 0.160. The Morgan fingerprint density at radius 3 is 2.45 bits per heavy atom. The van der Waals surface area contributed by atoms with Crippen molar-refractivity contribution in [3.05, 3.63) is 4.91 Å². The molecular weight excluding hydrogens is 278 g/mol. The molecule has 0 aromatic carbocycles. The van der Waals surface area contributed by atoms with Crippen LogP contribution in [0.15, 0.2) is 5.29 Å². The molecule has 0 spiro atoms. The summed E-state index contributed by atoms with van der Waals surface area (Å²) in [5, 5.41) is 52.9. The van der Waals surface area contributed by atoms with E-state index in [-0.39, 0.29) is 5.01 Å². The van der Waals surface area contributed by atoms with Crippen molar-refractivity contribution >= 4 is 6.03 Å². The van der Waals surface area contributed by atoms with E-state index in [4.69, 9.17) is 9.84 Å². The fraction of sp³-hybridized carbons (Fsp3) is 0.889. The van der Waals surface area contributed by atoms with Crippen molar-refractivity contribution in [1.82, 2.24) is 10.3 Å². The maximum Gasteiger partial charge on any atom is 0.342 e. The fourth-order valence-electron chi connectivity index (χ4n) is 1.80. The smallest absolute Gasteiger partial charge is 0.342 e. The Labute approximate surface area is 113 Å². The Balaban J connectivity index is 3.06. The molecule has 11 heteroatoms. The number of urea groups is 1. The molecule has 1 aliphatic heterocycles. The number of carbonyl (C=O) groups excluding carboxylic acids is 1. The molecule has 11 nitrogen and oxygen atoms in total.